The highest BCUT2D eigenvalue weighted by Crippen LogP contribution is 2.30. The Hall–Kier alpha value is -4.72. The van der Waals surface area contributed by atoms with Gasteiger partial charge in [-0.2, -0.15) is 4.39 Å². The van der Waals surface area contributed by atoms with Gasteiger partial charge in [-0.15, -0.1) is 5.10 Å². The molecule has 1 N–H and O–H groups in total. The van der Waals surface area contributed by atoms with Crippen LogP contribution in [0.15, 0.2) is 97.3 Å². The highest BCUT2D eigenvalue weighted by molar-refractivity contribution is 5.90. The maximum absolute atomic E-state index is 13.7. The smallest absolute Gasteiger partial charge is 0.247 e. The first-order chi connectivity index (χ1) is 16.7. The average molecular weight is 450 g/mol. The molecular weight excluding hydrogens is 431 g/mol. The van der Waals surface area contributed by atoms with E-state index < -0.39 is 5.95 Å². The van der Waals surface area contributed by atoms with E-state index in [9.17, 15) is 9.18 Å². The monoisotopic (exact) mass is 450 g/mol. The maximum atomic E-state index is 13.7. The summed E-state index contributed by atoms with van der Waals surface area (Å²) in [5, 5.41) is 11.2. The summed E-state index contributed by atoms with van der Waals surface area (Å²) in [6.45, 7) is -0.0904. The van der Waals surface area contributed by atoms with Crippen molar-refractivity contribution in [3.8, 4) is 33.6 Å². The third-order valence-electron chi connectivity index (χ3n) is 5.21. The quantitative estimate of drug-likeness (QED) is 0.374. The largest absolute Gasteiger partial charge is 0.309 e. The van der Waals surface area contributed by atoms with Gasteiger partial charge in [0.15, 0.2) is 0 Å². The number of nitrogens with zero attached hydrogens (tertiary/aromatic N) is 5. The zero-order valence-corrected chi connectivity index (χ0v) is 18.0. The highest BCUT2D eigenvalue weighted by Gasteiger charge is 2.19. The second kappa shape index (κ2) is 9.41. The first-order valence-electron chi connectivity index (χ1n) is 10.6. The fourth-order valence-corrected chi connectivity index (χ4v) is 3.64. The molecule has 0 bridgehead atoms. The van der Waals surface area contributed by atoms with Gasteiger partial charge in [0.2, 0.25) is 11.9 Å². The summed E-state index contributed by atoms with van der Waals surface area (Å²) in [7, 11) is 0. The fourth-order valence-electron chi connectivity index (χ4n) is 3.64. The lowest BCUT2D eigenvalue weighted by Gasteiger charge is -2.09. The van der Waals surface area contributed by atoms with Crippen molar-refractivity contribution < 1.29 is 9.18 Å². The molecule has 8 heteroatoms. The molecule has 0 unspecified atom stereocenters. The Kier molecular flexibility index (Phi) is 5.85. The lowest BCUT2D eigenvalue weighted by atomic mass is 10.1. The number of aromatic nitrogens is 5. The minimum atomic E-state index is -0.617. The van der Waals surface area contributed by atoms with Crippen molar-refractivity contribution in [3.05, 3.63) is 103 Å². The number of carbonyl (C=O) groups excluding carboxylic acids is 1. The maximum Gasteiger partial charge on any atom is 0.247 e. The van der Waals surface area contributed by atoms with Crippen LogP contribution in [0, 0.1) is 5.95 Å². The van der Waals surface area contributed by atoms with E-state index in [2.05, 4.69) is 25.6 Å². The van der Waals surface area contributed by atoms with Crippen LogP contribution in [-0.4, -0.2) is 30.9 Å². The van der Waals surface area contributed by atoms with Crippen molar-refractivity contribution in [1.82, 2.24) is 25.0 Å². The Bertz CT molecular complexity index is 1420. The number of anilines is 1. The molecule has 0 saturated carbocycles. The van der Waals surface area contributed by atoms with Crippen LogP contribution in [0.25, 0.3) is 33.6 Å². The van der Waals surface area contributed by atoms with Gasteiger partial charge < -0.3 is 5.32 Å². The topological polar surface area (TPSA) is 85.6 Å². The second-order valence-corrected chi connectivity index (χ2v) is 7.52. The van der Waals surface area contributed by atoms with Gasteiger partial charge in [0, 0.05) is 35.2 Å². The Morgan fingerprint density at radius 3 is 2.24 bits per heavy atom. The van der Waals surface area contributed by atoms with Crippen LogP contribution in [-0.2, 0) is 11.3 Å². The van der Waals surface area contributed by atoms with E-state index in [-0.39, 0.29) is 12.5 Å². The number of halogens is 1. The van der Waals surface area contributed by atoms with E-state index >= 15 is 0 Å². The van der Waals surface area contributed by atoms with E-state index in [1.165, 1.54) is 16.9 Å². The molecule has 3 aromatic heterocycles. The number of nitrogens with one attached hydrogen (secondary N) is 1. The second-order valence-electron chi connectivity index (χ2n) is 7.52. The summed E-state index contributed by atoms with van der Waals surface area (Å²) >= 11 is 0. The Morgan fingerprint density at radius 1 is 0.824 bits per heavy atom. The van der Waals surface area contributed by atoms with Crippen LogP contribution >= 0.6 is 0 Å². The van der Waals surface area contributed by atoms with E-state index in [0.717, 1.165) is 16.7 Å². The molecule has 7 nitrogen and oxygen atoms in total. The van der Waals surface area contributed by atoms with Gasteiger partial charge in [-0.05, 0) is 23.8 Å². The SMILES string of the molecule is O=C(Cn1nnc(-c2ccnc(F)c2)c1-c1ccccc1)Nc1ccc(-c2ccccc2)cn1. The lowest BCUT2D eigenvalue weighted by Crippen LogP contribution is -2.20. The number of hydrogen-bond acceptors (Lipinski definition) is 5. The Labute approximate surface area is 195 Å². The molecule has 5 aromatic rings. The molecule has 166 valence electrons. The predicted molar refractivity (Wildman–Crippen MR) is 127 cm³/mol. The number of amides is 1. The van der Waals surface area contributed by atoms with Crippen LogP contribution in [0.5, 0.6) is 0 Å². The van der Waals surface area contributed by atoms with Gasteiger partial charge in [-0.1, -0.05) is 65.9 Å². The lowest BCUT2D eigenvalue weighted by molar-refractivity contribution is -0.116. The molecular formula is C26H19FN6O. The molecule has 0 fully saturated rings. The summed E-state index contributed by atoms with van der Waals surface area (Å²) < 4.78 is 15.2. The predicted octanol–water partition coefficient (Wildman–Crippen LogP) is 4.85. The van der Waals surface area contributed by atoms with Gasteiger partial charge in [-0.25, -0.2) is 14.6 Å². The number of carbonyl (C=O) groups is 1. The van der Waals surface area contributed by atoms with Gasteiger partial charge >= 0.3 is 0 Å². The molecule has 0 aliphatic heterocycles. The number of pyridine rings is 2. The summed E-state index contributed by atoms with van der Waals surface area (Å²) in [5.41, 5.74) is 4.40. The first kappa shape index (κ1) is 21.1. The third kappa shape index (κ3) is 4.56. The van der Waals surface area contributed by atoms with Crippen LogP contribution in [0.4, 0.5) is 10.2 Å². The van der Waals surface area contributed by atoms with Crippen molar-refractivity contribution in [3.63, 3.8) is 0 Å². The van der Waals surface area contributed by atoms with Crippen molar-refractivity contribution in [2.24, 2.45) is 0 Å². The molecule has 1 amide bonds. The number of hydrogen-bond donors (Lipinski definition) is 1. The molecule has 2 aromatic carbocycles. The van der Waals surface area contributed by atoms with Crippen molar-refractivity contribution in [2.75, 3.05) is 5.32 Å². The van der Waals surface area contributed by atoms with Crippen molar-refractivity contribution >= 4 is 11.7 Å². The van der Waals surface area contributed by atoms with Crippen LogP contribution < -0.4 is 5.32 Å². The molecule has 0 aliphatic carbocycles. The normalized spacial score (nSPS) is 10.7. The van der Waals surface area contributed by atoms with E-state index in [0.29, 0.717) is 22.8 Å². The summed E-state index contributed by atoms with van der Waals surface area (Å²) in [4.78, 5) is 20.8. The third-order valence-corrected chi connectivity index (χ3v) is 5.21. The zero-order chi connectivity index (χ0) is 23.3. The van der Waals surface area contributed by atoms with Crippen LogP contribution in [0.3, 0.4) is 0 Å². The Morgan fingerprint density at radius 2 is 1.56 bits per heavy atom. The van der Waals surface area contributed by atoms with Gasteiger partial charge in [0.05, 0.1) is 5.69 Å². The van der Waals surface area contributed by atoms with Crippen LogP contribution in [0.1, 0.15) is 0 Å². The van der Waals surface area contributed by atoms with Gasteiger partial charge in [0.1, 0.15) is 18.1 Å². The molecule has 0 saturated heterocycles. The average Bonchev–Trinajstić information content (AvgIpc) is 3.29. The molecule has 34 heavy (non-hydrogen) atoms. The highest BCUT2D eigenvalue weighted by atomic mass is 19.1. The van der Waals surface area contributed by atoms with Gasteiger partial charge in [0.25, 0.3) is 0 Å². The molecule has 5 rings (SSSR count). The first-order valence-corrected chi connectivity index (χ1v) is 10.6. The Balaban J connectivity index is 1.39. The minimum Gasteiger partial charge on any atom is -0.309 e. The summed E-state index contributed by atoms with van der Waals surface area (Å²) in [5.74, 6) is -0.495. The summed E-state index contributed by atoms with van der Waals surface area (Å²) in [6, 6.07) is 25.9. The minimum absolute atomic E-state index is 0.0904. The molecule has 0 spiro atoms. The molecule has 0 radical (unpaired) electrons. The van der Waals surface area contributed by atoms with E-state index in [1.807, 2.05) is 66.7 Å². The number of rotatable bonds is 6. The molecule has 3 heterocycles. The summed E-state index contributed by atoms with van der Waals surface area (Å²) in [6.07, 6.45) is 3.09. The van der Waals surface area contributed by atoms with Gasteiger partial charge in [-0.3, -0.25) is 4.79 Å². The van der Waals surface area contributed by atoms with Crippen molar-refractivity contribution in [2.45, 2.75) is 6.54 Å². The molecule has 0 atom stereocenters. The zero-order valence-electron chi connectivity index (χ0n) is 18.0. The number of benzene rings is 2. The standard InChI is InChI=1S/C26H19FN6O/c27-22-15-20(13-14-28-22)25-26(19-9-5-2-6-10-19)33(32-31-25)17-24(34)30-23-12-11-21(16-29-23)18-7-3-1-4-8-18/h1-16H,17H2,(H,29,30,34). The van der Waals surface area contributed by atoms with E-state index in [1.54, 1.807) is 18.3 Å². The van der Waals surface area contributed by atoms with E-state index in [4.69, 9.17) is 0 Å². The van der Waals surface area contributed by atoms with Crippen molar-refractivity contribution in [1.29, 1.82) is 0 Å². The van der Waals surface area contributed by atoms with Crippen LogP contribution in [0.2, 0.25) is 0 Å². The fraction of sp³-hybridized carbons (Fsp3) is 0.0385. The molecule has 0 aliphatic rings.